The Morgan fingerprint density at radius 3 is 2.70 bits per heavy atom. The summed E-state index contributed by atoms with van der Waals surface area (Å²) in [5, 5.41) is 11.0. The third-order valence-corrected chi connectivity index (χ3v) is 6.69. The van der Waals surface area contributed by atoms with Gasteiger partial charge in [0.15, 0.2) is 0 Å². The Bertz CT molecular complexity index is 959. The highest BCUT2D eigenvalue weighted by Crippen LogP contribution is 2.44. The fraction of sp³-hybridized carbons (Fsp3) is 0.684. The molecule has 5 rings (SSSR count). The largest absolute Gasteiger partial charge is 0.378 e. The first-order valence-electron chi connectivity index (χ1n) is 10.6. The van der Waals surface area contributed by atoms with Gasteiger partial charge in [0.2, 0.25) is 11.9 Å². The maximum absolute atomic E-state index is 12.7. The molecule has 2 aromatic rings. The number of carbonyl (C=O) groups is 1. The zero-order valence-corrected chi connectivity index (χ0v) is 16.9. The number of nitrogens with zero attached hydrogens (tertiary/aromatic N) is 7. The molecule has 2 aromatic heterocycles. The van der Waals surface area contributed by atoms with Crippen LogP contribution < -0.4 is 10.5 Å². The number of tetrazole rings is 1. The van der Waals surface area contributed by atoms with Crippen LogP contribution in [0, 0.1) is 0 Å². The number of carbonyl (C=O) groups excluding carboxylic acids is 1. The Labute approximate surface area is 173 Å². The normalized spacial score (nSPS) is 20.5. The summed E-state index contributed by atoms with van der Waals surface area (Å²) >= 11 is 0. The van der Waals surface area contributed by atoms with Gasteiger partial charge in [-0.05, 0) is 36.1 Å². The van der Waals surface area contributed by atoms with Crippen LogP contribution in [0.4, 0.5) is 5.95 Å². The highest BCUT2D eigenvalue weighted by molar-refractivity contribution is 5.76. The zero-order chi connectivity index (χ0) is 20.6. The van der Waals surface area contributed by atoms with Crippen molar-refractivity contribution < 1.29 is 9.53 Å². The number of H-pyrrole nitrogens is 1. The van der Waals surface area contributed by atoms with Gasteiger partial charge in [0.1, 0.15) is 6.33 Å². The Morgan fingerprint density at radius 1 is 1.17 bits per heavy atom. The van der Waals surface area contributed by atoms with E-state index in [0.717, 1.165) is 50.0 Å². The Hall–Kier alpha value is -2.82. The van der Waals surface area contributed by atoms with Gasteiger partial charge in [-0.3, -0.25) is 14.6 Å². The number of anilines is 1. The topological polar surface area (TPSA) is 122 Å². The molecule has 2 saturated heterocycles. The molecule has 1 N–H and O–H groups in total. The molecule has 1 amide bonds. The van der Waals surface area contributed by atoms with Gasteiger partial charge in [-0.25, -0.2) is 9.67 Å². The summed E-state index contributed by atoms with van der Waals surface area (Å²) in [6.45, 7) is 4.62. The smallest absolute Gasteiger partial charge is 0.255 e. The number of aryl methyl sites for hydroxylation is 1. The summed E-state index contributed by atoms with van der Waals surface area (Å²) in [6.07, 6.45) is 5.27. The fourth-order valence-electron chi connectivity index (χ4n) is 4.89. The summed E-state index contributed by atoms with van der Waals surface area (Å²) in [7, 11) is 0. The number of rotatable bonds is 4. The van der Waals surface area contributed by atoms with Gasteiger partial charge in [0, 0.05) is 43.6 Å². The molecule has 0 atom stereocenters. The maximum Gasteiger partial charge on any atom is 0.255 e. The van der Waals surface area contributed by atoms with Gasteiger partial charge < -0.3 is 14.5 Å². The Kier molecular flexibility index (Phi) is 4.97. The second-order valence-corrected chi connectivity index (χ2v) is 8.30. The number of aromatic nitrogens is 6. The molecule has 0 aromatic carbocycles. The van der Waals surface area contributed by atoms with Crippen LogP contribution in [0.5, 0.6) is 0 Å². The predicted molar refractivity (Wildman–Crippen MR) is 106 cm³/mol. The van der Waals surface area contributed by atoms with Gasteiger partial charge >= 0.3 is 0 Å². The monoisotopic (exact) mass is 414 g/mol. The molecule has 0 radical (unpaired) electrons. The lowest BCUT2D eigenvalue weighted by Crippen LogP contribution is -2.45. The zero-order valence-electron chi connectivity index (χ0n) is 16.9. The number of hydrogen-bond acceptors (Lipinski definition) is 8. The molecule has 0 saturated carbocycles. The first kappa shape index (κ1) is 19.2. The van der Waals surface area contributed by atoms with Crippen molar-refractivity contribution in [3.63, 3.8) is 0 Å². The lowest BCUT2D eigenvalue weighted by Gasteiger charge is -2.39. The highest BCUT2D eigenvalue weighted by atomic mass is 16.5. The van der Waals surface area contributed by atoms with Crippen LogP contribution in [-0.2, 0) is 27.9 Å². The van der Waals surface area contributed by atoms with Crippen molar-refractivity contribution in [2.24, 2.45) is 0 Å². The van der Waals surface area contributed by atoms with Crippen molar-refractivity contribution >= 4 is 11.9 Å². The van der Waals surface area contributed by atoms with Gasteiger partial charge in [0.05, 0.1) is 25.5 Å². The second kappa shape index (κ2) is 7.78. The molecule has 1 aliphatic carbocycles. The molecule has 11 nitrogen and oxygen atoms in total. The van der Waals surface area contributed by atoms with Gasteiger partial charge in [0.25, 0.3) is 5.56 Å². The maximum atomic E-state index is 12.7. The SMILES string of the molecule is O=C(CCn1cnnn1)N1CCC2(CCc3c2nc(N2CCOCC2)[nH]c3=O)CC1. The lowest BCUT2D eigenvalue weighted by molar-refractivity contribution is -0.133. The standard InChI is InChI=1S/C19H26N8O3/c28-15(2-6-27-13-20-23-24-27)25-7-4-19(5-8-25)3-1-14-16(19)21-18(22-17(14)29)26-9-11-30-12-10-26/h13H,1-12H2,(H,21,22,29). The molecule has 11 heteroatoms. The minimum absolute atomic E-state index is 0.0154. The van der Waals surface area contributed by atoms with E-state index in [1.54, 1.807) is 4.68 Å². The first-order valence-corrected chi connectivity index (χ1v) is 10.6. The minimum atomic E-state index is -0.1000. The molecule has 0 bridgehead atoms. The highest BCUT2D eigenvalue weighted by Gasteiger charge is 2.44. The molecular weight excluding hydrogens is 388 g/mol. The van der Waals surface area contributed by atoms with Crippen molar-refractivity contribution in [1.82, 2.24) is 35.1 Å². The van der Waals surface area contributed by atoms with E-state index in [1.807, 2.05) is 4.90 Å². The third-order valence-electron chi connectivity index (χ3n) is 6.69. The summed E-state index contributed by atoms with van der Waals surface area (Å²) in [4.78, 5) is 37.3. The van der Waals surface area contributed by atoms with E-state index in [-0.39, 0.29) is 16.9 Å². The first-order chi connectivity index (χ1) is 14.6. The molecule has 2 fully saturated rings. The van der Waals surface area contributed by atoms with E-state index in [4.69, 9.17) is 9.72 Å². The van der Waals surface area contributed by atoms with Crippen LogP contribution in [0.1, 0.15) is 36.9 Å². The number of nitrogens with one attached hydrogen (secondary N) is 1. The number of hydrogen-bond donors (Lipinski definition) is 1. The quantitative estimate of drug-likeness (QED) is 0.710. The van der Waals surface area contributed by atoms with Crippen molar-refractivity contribution in [3.8, 4) is 0 Å². The van der Waals surface area contributed by atoms with Crippen LogP contribution in [0.25, 0.3) is 0 Å². The number of aromatic amines is 1. The molecule has 160 valence electrons. The summed E-state index contributed by atoms with van der Waals surface area (Å²) in [5.74, 6) is 0.773. The van der Waals surface area contributed by atoms with E-state index in [9.17, 15) is 9.59 Å². The minimum Gasteiger partial charge on any atom is -0.378 e. The molecular formula is C19H26N8O3. The lowest BCUT2D eigenvalue weighted by atomic mass is 9.76. The van der Waals surface area contributed by atoms with Gasteiger partial charge in [-0.15, -0.1) is 5.10 Å². The number of amides is 1. The third kappa shape index (κ3) is 3.47. The van der Waals surface area contributed by atoms with Crippen LogP contribution in [0.3, 0.4) is 0 Å². The molecule has 1 spiro atoms. The summed E-state index contributed by atoms with van der Waals surface area (Å²) in [5.41, 5.74) is 1.66. The van der Waals surface area contributed by atoms with Crippen LogP contribution in [-0.4, -0.2) is 80.4 Å². The van der Waals surface area contributed by atoms with Crippen molar-refractivity contribution in [3.05, 3.63) is 27.9 Å². The van der Waals surface area contributed by atoms with Gasteiger partial charge in [-0.2, -0.15) is 0 Å². The van der Waals surface area contributed by atoms with E-state index < -0.39 is 0 Å². The Morgan fingerprint density at radius 2 is 1.97 bits per heavy atom. The molecule has 4 heterocycles. The van der Waals surface area contributed by atoms with Crippen molar-refractivity contribution in [1.29, 1.82) is 0 Å². The van der Waals surface area contributed by atoms with Crippen LogP contribution >= 0.6 is 0 Å². The number of fused-ring (bicyclic) bond motifs is 2. The summed E-state index contributed by atoms with van der Waals surface area (Å²) in [6, 6.07) is 0. The number of piperidine rings is 1. The van der Waals surface area contributed by atoms with E-state index in [0.29, 0.717) is 45.2 Å². The molecule has 3 aliphatic rings. The Balaban J connectivity index is 1.29. The van der Waals surface area contributed by atoms with Gasteiger partial charge in [-0.1, -0.05) is 0 Å². The van der Waals surface area contributed by atoms with Crippen molar-refractivity contribution in [2.75, 3.05) is 44.3 Å². The molecule has 0 unspecified atom stereocenters. The number of likely N-dealkylation sites (tertiary alicyclic amines) is 1. The molecule has 30 heavy (non-hydrogen) atoms. The predicted octanol–water partition coefficient (Wildman–Crippen LogP) is -0.510. The summed E-state index contributed by atoms with van der Waals surface area (Å²) < 4.78 is 6.99. The van der Waals surface area contributed by atoms with Crippen molar-refractivity contribution in [2.45, 2.75) is 44.1 Å². The van der Waals surface area contributed by atoms with E-state index in [1.165, 1.54) is 6.33 Å². The number of ether oxygens (including phenoxy) is 1. The second-order valence-electron chi connectivity index (χ2n) is 8.30. The van der Waals surface area contributed by atoms with Crippen LogP contribution in [0.15, 0.2) is 11.1 Å². The van der Waals surface area contributed by atoms with E-state index in [2.05, 4.69) is 25.4 Å². The number of morpholine rings is 1. The van der Waals surface area contributed by atoms with Crippen LogP contribution in [0.2, 0.25) is 0 Å². The molecule has 2 aliphatic heterocycles. The average molecular weight is 414 g/mol. The average Bonchev–Trinajstić information content (AvgIpc) is 3.42. The van der Waals surface area contributed by atoms with E-state index >= 15 is 0 Å². The fourth-order valence-corrected chi connectivity index (χ4v) is 4.89.